The average Bonchev–Trinajstić information content (AvgIpc) is 2.93. The maximum absolute atomic E-state index is 12.5. The monoisotopic (exact) mass is 253 g/mol. The molecule has 3 heterocycles. The van der Waals surface area contributed by atoms with Crippen molar-refractivity contribution in [3.8, 4) is 0 Å². The van der Waals surface area contributed by atoms with E-state index in [-0.39, 0.29) is 17.4 Å². The smallest absolute Gasteiger partial charge is 0.140 e. The summed E-state index contributed by atoms with van der Waals surface area (Å²) in [5, 5.41) is 3.29. The molecule has 18 heavy (non-hydrogen) atoms. The predicted molar refractivity (Wildman–Crippen MR) is 67.4 cm³/mol. The zero-order valence-electron chi connectivity index (χ0n) is 11.0. The molecule has 0 aliphatic carbocycles. The van der Waals surface area contributed by atoms with Crippen molar-refractivity contribution < 1.29 is 14.3 Å². The van der Waals surface area contributed by atoms with E-state index in [9.17, 15) is 4.79 Å². The van der Waals surface area contributed by atoms with E-state index in [4.69, 9.17) is 9.47 Å². The third kappa shape index (κ3) is 2.46. The van der Waals surface area contributed by atoms with Crippen LogP contribution in [0.5, 0.6) is 0 Å². The van der Waals surface area contributed by atoms with Crippen molar-refractivity contribution in [2.24, 2.45) is 11.8 Å². The van der Waals surface area contributed by atoms with Crippen LogP contribution >= 0.6 is 0 Å². The van der Waals surface area contributed by atoms with Crippen molar-refractivity contribution in [1.82, 2.24) is 5.32 Å². The van der Waals surface area contributed by atoms with Gasteiger partial charge in [-0.2, -0.15) is 0 Å². The maximum atomic E-state index is 12.5. The van der Waals surface area contributed by atoms with E-state index in [1.807, 2.05) is 0 Å². The minimum atomic E-state index is -0.0527. The number of nitrogens with one attached hydrogen (secondary N) is 1. The Kier molecular flexibility index (Phi) is 3.68. The van der Waals surface area contributed by atoms with E-state index in [2.05, 4.69) is 5.32 Å². The fraction of sp³-hybridized carbons (Fsp3) is 0.929. The Balaban J connectivity index is 1.64. The first-order chi connectivity index (χ1) is 8.79. The summed E-state index contributed by atoms with van der Waals surface area (Å²) in [6.07, 6.45) is 4.77. The standard InChI is InChI=1S/C14H23NO3/c16-13(12-1-5-15-10-12)11-2-6-18-14(9-11)3-7-17-8-4-14/h11-12,15H,1-10H2. The Labute approximate surface area is 108 Å². The van der Waals surface area contributed by atoms with Crippen molar-refractivity contribution in [1.29, 1.82) is 0 Å². The van der Waals surface area contributed by atoms with Gasteiger partial charge in [-0.1, -0.05) is 0 Å². The van der Waals surface area contributed by atoms with E-state index < -0.39 is 0 Å². The summed E-state index contributed by atoms with van der Waals surface area (Å²) in [6.45, 7) is 4.19. The summed E-state index contributed by atoms with van der Waals surface area (Å²) in [6, 6.07) is 0. The van der Waals surface area contributed by atoms with E-state index in [1.165, 1.54) is 0 Å². The zero-order valence-corrected chi connectivity index (χ0v) is 11.0. The van der Waals surface area contributed by atoms with Crippen LogP contribution in [0.25, 0.3) is 0 Å². The number of hydrogen-bond acceptors (Lipinski definition) is 4. The molecule has 1 spiro atoms. The molecule has 3 aliphatic heterocycles. The van der Waals surface area contributed by atoms with Crippen molar-refractivity contribution >= 4 is 5.78 Å². The molecular formula is C14H23NO3. The molecule has 2 atom stereocenters. The zero-order chi connectivity index (χ0) is 12.4. The van der Waals surface area contributed by atoms with Gasteiger partial charge < -0.3 is 14.8 Å². The lowest BCUT2D eigenvalue weighted by molar-refractivity contribution is -0.158. The average molecular weight is 253 g/mol. The molecule has 0 bridgehead atoms. The molecule has 4 nitrogen and oxygen atoms in total. The van der Waals surface area contributed by atoms with Gasteiger partial charge in [0.25, 0.3) is 0 Å². The quantitative estimate of drug-likeness (QED) is 0.801. The number of ketones is 1. The third-order valence-electron chi connectivity index (χ3n) is 4.76. The van der Waals surface area contributed by atoms with Crippen LogP contribution in [0, 0.1) is 11.8 Å². The van der Waals surface area contributed by atoms with Crippen LogP contribution in [-0.2, 0) is 14.3 Å². The molecule has 1 N–H and O–H groups in total. The Morgan fingerprint density at radius 3 is 2.67 bits per heavy atom. The second-order valence-electron chi connectivity index (χ2n) is 5.93. The predicted octanol–water partition coefficient (Wildman–Crippen LogP) is 1.14. The molecule has 4 heteroatoms. The highest BCUT2D eigenvalue weighted by atomic mass is 16.5. The lowest BCUT2D eigenvalue weighted by Crippen LogP contribution is -2.46. The second kappa shape index (κ2) is 5.27. The number of rotatable bonds is 2. The summed E-state index contributed by atoms with van der Waals surface area (Å²) >= 11 is 0. The van der Waals surface area contributed by atoms with E-state index in [0.29, 0.717) is 5.78 Å². The fourth-order valence-corrected chi connectivity index (χ4v) is 3.59. The van der Waals surface area contributed by atoms with Crippen LogP contribution in [0.15, 0.2) is 0 Å². The summed E-state index contributed by atoms with van der Waals surface area (Å²) in [7, 11) is 0. The van der Waals surface area contributed by atoms with Gasteiger partial charge in [-0.25, -0.2) is 0 Å². The second-order valence-corrected chi connectivity index (χ2v) is 5.93. The lowest BCUT2D eigenvalue weighted by Gasteiger charge is -2.43. The number of carbonyl (C=O) groups excluding carboxylic acids is 1. The Morgan fingerprint density at radius 1 is 1.11 bits per heavy atom. The summed E-state index contributed by atoms with van der Waals surface area (Å²) in [4.78, 5) is 12.5. The van der Waals surface area contributed by atoms with Crippen LogP contribution in [0.3, 0.4) is 0 Å². The third-order valence-corrected chi connectivity index (χ3v) is 4.76. The first kappa shape index (κ1) is 12.6. The van der Waals surface area contributed by atoms with Gasteiger partial charge in [-0.15, -0.1) is 0 Å². The molecule has 3 fully saturated rings. The highest BCUT2D eigenvalue weighted by Crippen LogP contribution is 2.38. The van der Waals surface area contributed by atoms with Crippen LogP contribution in [-0.4, -0.2) is 44.3 Å². The molecule has 102 valence electrons. The number of ether oxygens (including phenoxy) is 2. The summed E-state index contributed by atoms with van der Waals surface area (Å²) < 4.78 is 11.4. The Bertz CT molecular complexity index is 301. The molecule has 3 aliphatic rings. The normalized spacial score (nSPS) is 35.8. The molecular weight excluding hydrogens is 230 g/mol. The number of carbonyl (C=O) groups is 1. The van der Waals surface area contributed by atoms with Crippen LogP contribution < -0.4 is 5.32 Å². The maximum Gasteiger partial charge on any atom is 0.140 e. The highest BCUT2D eigenvalue weighted by molar-refractivity contribution is 5.84. The van der Waals surface area contributed by atoms with Gasteiger partial charge in [0, 0.05) is 38.2 Å². The molecule has 0 aromatic carbocycles. The molecule has 0 saturated carbocycles. The van der Waals surface area contributed by atoms with E-state index in [0.717, 1.165) is 65.0 Å². The van der Waals surface area contributed by atoms with Crippen LogP contribution in [0.4, 0.5) is 0 Å². The van der Waals surface area contributed by atoms with Crippen molar-refractivity contribution in [3.05, 3.63) is 0 Å². The molecule has 3 saturated heterocycles. The first-order valence-corrected chi connectivity index (χ1v) is 7.25. The Hall–Kier alpha value is -0.450. The van der Waals surface area contributed by atoms with E-state index >= 15 is 0 Å². The van der Waals surface area contributed by atoms with Crippen molar-refractivity contribution in [2.45, 2.75) is 37.7 Å². The number of Topliss-reactive ketones (excluding diaryl/α,β-unsaturated/α-hetero) is 1. The van der Waals surface area contributed by atoms with Crippen molar-refractivity contribution in [3.63, 3.8) is 0 Å². The van der Waals surface area contributed by atoms with Gasteiger partial charge in [0.05, 0.1) is 5.60 Å². The van der Waals surface area contributed by atoms with Gasteiger partial charge in [-0.05, 0) is 38.6 Å². The van der Waals surface area contributed by atoms with Crippen LogP contribution in [0.2, 0.25) is 0 Å². The lowest BCUT2D eigenvalue weighted by atomic mass is 9.76. The minimum absolute atomic E-state index is 0.0527. The first-order valence-electron chi connectivity index (χ1n) is 7.25. The van der Waals surface area contributed by atoms with Gasteiger partial charge >= 0.3 is 0 Å². The highest BCUT2D eigenvalue weighted by Gasteiger charge is 2.42. The van der Waals surface area contributed by atoms with Gasteiger partial charge in [0.2, 0.25) is 0 Å². The molecule has 0 aromatic heterocycles. The SMILES string of the molecule is O=C(C1CCNC1)C1CCOC2(CCOCC2)C1. The molecule has 0 radical (unpaired) electrons. The van der Waals surface area contributed by atoms with Gasteiger partial charge in [-0.3, -0.25) is 4.79 Å². The van der Waals surface area contributed by atoms with Crippen LogP contribution in [0.1, 0.15) is 32.1 Å². The fourth-order valence-electron chi connectivity index (χ4n) is 3.59. The molecule has 0 amide bonds. The minimum Gasteiger partial charge on any atom is -0.381 e. The van der Waals surface area contributed by atoms with Gasteiger partial charge in [0.1, 0.15) is 5.78 Å². The Morgan fingerprint density at radius 2 is 1.94 bits per heavy atom. The number of hydrogen-bond donors (Lipinski definition) is 1. The topological polar surface area (TPSA) is 47.6 Å². The summed E-state index contributed by atoms with van der Waals surface area (Å²) in [5.74, 6) is 0.959. The summed E-state index contributed by atoms with van der Waals surface area (Å²) in [5.41, 5.74) is -0.0527. The molecule has 2 unspecified atom stereocenters. The molecule has 3 rings (SSSR count). The van der Waals surface area contributed by atoms with E-state index in [1.54, 1.807) is 0 Å². The van der Waals surface area contributed by atoms with Gasteiger partial charge in [0.15, 0.2) is 0 Å². The largest absolute Gasteiger partial charge is 0.381 e. The van der Waals surface area contributed by atoms with Crippen molar-refractivity contribution in [2.75, 3.05) is 32.9 Å². The molecule has 0 aromatic rings.